The standard InChI is InChI=1S/C15H21N3OS/c1-20-10-6-2-5-9-16-11-14-17-13-8-4-3-7-12(13)15(19)18-14/h3-4,7-8,16H,2,5-6,9-11H2,1H3,(H,17,18,19). The monoisotopic (exact) mass is 291 g/mol. The predicted molar refractivity (Wildman–Crippen MR) is 86.3 cm³/mol. The van der Waals surface area contributed by atoms with Crippen molar-refractivity contribution in [1.82, 2.24) is 15.3 Å². The SMILES string of the molecule is CSCCCCCNCc1nc2ccccc2c(=O)[nH]1. The van der Waals surface area contributed by atoms with Crippen LogP contribution in [0, 0.1) is 0 Å². The molecule has 2 rings (SSSR count). The van der Waals surface area contributed by atoms with Gasteiger partial charge in [0.15, 0.2) is 0 Å². The predicted octanol–water partition coefficient (Wildman–Crippen LogP) is 2.55. The van der Waals surface area contributed by atoms with E-state index in [0.29, 0.717) is 17.8 Å². The number of nitrogens with zero attached hydrogens (tertiary/aromatic N) is 1. The number of hydrogen-bond donors (Lipinski definition) is 2. The van der Waals surface area contributed by atoms with Crippen LogP contribution in [0.4, 0.5) is 0 Å². The average molecular weight is 291 g/mol. The van der Waals surface area contributed by atoms with Crippen molar-refractivity contribution >= 4 is 22.7 Å². The van der Waals surface area contributed by atoms with E-state index in [1.54, 1.807) is 6.07 Å². The lowest BCUT2D eigenvalue weighted by Gasteiger charge is -2.05. The van der Waals surface area contributed by atoms with Gasteiger partial charge in [-0.15, -0.1) is 0 Å². The number of rotatable bonds is 8. The van der Waals surface area contributed by atoms with Crippen molar-refractivity contribution in [2.24, 2.45) is 0 Å². The van der Waals surface area contributed by atoms with E-state index in [4.69, 9.17) is 0 Å². The van der Waals surface area contributed by atoms with Crippen LogP contribution >= 0.6 is 11.8 Å². The molecule has 0 saturated carbocycles. The number of aromatic amines is 1. The van der Waals surface area contributed by atoms with E-state index in [1.165, 1.54) is 25.0 Å². The summed E-state index contributed by atoms with van der Waals surface area (Å²) in [5.41, 5.74) is 0.695. The summed E-state index contributed by atoms with van der Waals surface area (Å²) in [6, 6.07) is 7.42. The Morgan fingerprint density at radius 1 is 1.25 bits per heavy atom. The number of para-hydroxylation sites is 1. The van der Waals surface area contributed by atoms with Crippen molar-refractivity contribution in [2.45, 2.75) is 25.8 Å². The molecule has 0 atom stereocenters. The average Bonchev–Trinajstić information content (AvgIpc) is 2.46. The number of thioether (sulfide) groups is 1. The van der Waals surface area contributed by atoms with E-state index in [-0.39, 0.29) is 5.56 Å². The van der Waals surface area contributed by atoms with Gasteiger partial charge in [-0.2, -0.15) is 11.8 Å². The Kier molecular flexibility index (Phi) is 6.08. The second-order valence-electron chi connectivity index (χ2n) is 4.76. The third-order valence-electron chi connectivity index (χ3n) is 3.16. The first-order valence-electron chi connectivity index (χ1n) is 6.99. The normalized spacial score (nSPS) is 11.1. The van der Waals surface area contributed by atoms with Gasteiger partial charge in [-0.05, 0) is 43.5 Å². The molecule has 0 aliphatic heterocycles. The van der Waals surface area contributed by atoms with Gasteiger partial charge in [0.2, 0.25) is 0 Å². The molecule has 0 aliphatic rings. The van der Waals surface area contributed by atoms with Gasteiger partial charge in [0.25, 0.3) is 5.56 Å². The van der Waals surface area contributed by atoms with E-state index < -0.39 is 0 Å². The zero-order chi connectivity index (χ0) is 14.2. The van der Waals surface area contributed by atoms with Gasteiger partial charge in [0.1, 0.15) is 5.82 Å². The number of aromatic nitrogens is 2. The Hall–Kier alpha value is -1.33. The van der Waals surface area contributed by atoms with Crippen LogP contribution in [0.5, 0.6) is 0 Å². The zero-order valence-electron chi connectivity index (χ0n) is 11.8. The van der Waals surface area contributed by atoms with Crippen molar-refractivity contribution < 1.29 is 0 Å². The topological polar surface area (TPSA) is 57.8 Å². The van der Waals surface area contributed by atoms with E-state index >= 15 is 0 Å². The quantitative estimate of drug-likeness (QED) is 0.734. The summed E-state index contributed by atoms with van der Waals surface area (Å²) in [6.45, 7) is 1.58. The van der Waals surface area contributed by atoms with E-state index in [0.717, 1.165) is 12.1 Å². The lowest BCUT2D eigenvalue weighted by Crippen LogP contribution is -2.20. The Bertz CT molecular complexity index is 597. The highest BCUT2D eigenvalue weighted by atomic mass is 32.2. The van der Waals surface area contributed by atoms with Crippen LogP contribution in [0.2, 0.25) is 0 Å². The van der Waals surface area contributed by atoms with Crippen LogP contribution in [-0.4, -0.2) is 28.5 Å². The molecule has 0 spiro atoms. The smallest absolute Gasteiger partial charge is 0.258 e. The minimum atomic E-state index is -0.0626. The van der Waals surface area contributed by atoms with Crippen LogP contribution < -0.4 is 10.9 Å². The first-order chi connectivity index (χ1) is 9.81. The largest absolute Gasteiger partial charge is 0.310 e. The molecule has 1 aromatic carbocycles. The second kappa shape index (κ2) is 8.07. The highest BCUT2D eigenvalue weighted by molar-refractivity contribution is 7.98. The molecule has 1 aromatic heterocycles. The fraction of sp³-hybridized carbons (Fsp3) is 0.467. The molecule has 0 aliphatic carbocycles. The number of hydrogen-bond acceptors (Lipinski definition) is 4. The minimum Gasteiger partial charge on any atom is -0.310 e. The van der Waals surface area contributed by atoms with Gasteiger partial charge in [-0.3, -0.25) is 4.79 Å². The fourth-order valence-electron chi connectivity index (χ4n) is 2.10. The maximum Gasteiger partial charge on any atom is 0.258 e. The molecule has 0 radical (unpaired) electrons. The van der Waals surface area contributed by atoms with Crippen molar-refractivity contribution in [1.29, 1.82) is 0 Å². The number of unbranched alkanes of at least 4 members (excludes halogenated alkanes) is 2. The molecule has 20 heavy (non-hydrogen) atoms. The minimum absolute atomic E-state index is 0.0626. The van der Waals surface area contributed by atoms with Crippen LogP contribution in [0.25, 0.3) is 10.9 Å². The second-order valence-corrected chi connectivity index (χ2v) is 5.75. The third kappa shape index (κ3) is 4.35. The molecule has 2 N–H and O–H groups in total. The molecule has 0 fully saturated rings. The summed E-state index contributed by atoms with van der Waals surface area (Å²) < 4.78 is 0. The summed E-state index contributed by atoms with van der Waals surface area (Å²) in [4.78, 5) is 19.2. The summed E-state index contributed by atoms with van der Waals surface area (Å²) in [5.74, 6) is 1.94. The lowest BCUT2D eigenvalue weighted by atomic mass is 10.2. The highest BCUT2D eigenvalue weighted by Gasteiger charge is 2.02. The molecule has 4 nitrogen and oxygen atoms in total. The maximum atomic E-state index is 11.9. The van der Waals surface area contributed by atoms with Gasteiger partial charge in [0, 0.05) is 0 Å². The molecule has 2 aromatic rings. The summed E-state index contributed by atoms with van der Waals surface area (Å²) in [7, 11) is 0. The van der Waals surface area contributed by atoms with Crippen LogP contribution in [0.15, 0.2) is 29.1 Å². The fourth-order valence-corrected chi connectivity index (χ4v) is 2.59. The summed E-state index contributed by atoms with van der Waals surface area (Å²) >= 11 is 1.89. The first kappa shape index (κ1) is 15.1. The van der Waals surface area contributed by atoms with E-state index in [9.17, 15) is 4.79 Å². The summed E-state index contributed by atoms with van der Waals surface area (Å²) in [5, 5.41) is 3.98. The molecule has 108 valence electrons. The first-order valence-corrected chi connectivity index (χ1v) is 8.38. The molecule has 0 unspecified atom stereocenters. The van der Waals surface area contributed by atoms with Gasteiger partial charge in [-0.25, -0.2) is 4.98 Å². The van der Waals surface area contributed by atoms with Gasteiger partial charge < -0.3 is 10.3 Å². The summed E-state index contributed by atoms with van der Waals surface area (Å²) in [6.07, 6.45) is 5.82. The maximum absolute atomic E-state index is 11.9. The third-order valence-corrected chi connectivity index (χ3v) is 3.85. The van der Waals surface area contributed by atoms with Crippen molar-refractivity contribution in [2.75, 3.05) is 18.6 Å². The highest BCUT2D eigenvalue weighted by Crippen LogP contribution is 2.05. The number of benzene rings is 1. The molecule has 0 bridgehead atoms. The van der Waals surface area contributed by atoms with Crippen LogP contribution in [0.3, 0.4) is 0 Å². The van der Waals surface area contributed by atoms with Crippen molar-refractivity contribution in [3.8, 4) is 0 Å². The van der Waals surface area contributed by atoms with Gasteiger partial charge >= 0.3 is 0 Å². The van der Waals surface area contributed by atoms with Crippen LogP contribution in [-0.2, 0) is 6.54 Å². The van der Waals surface area contributed by atoms with Crippen molar-refractivity contribution in [3.63, 3.8) is 0 Å². The molecule has 0 saturated heterocycles. The van der Waals surface area contributed by atoms with Gasteiger partial charge in [0.05, 0.1) is 17.4 Å². The van der Waals surface area contributed by atoms with E-state index in [2.05, 4.69) is 21.5 Å². The van der Waals surface area contributed by atoms with E-state index in [1.807, 2.05) is 30.0 Å². The lowest BCUT2D eigenvalue weighted by molar-refractivity contribution is 0.605. The number of nitrogens with one attached hydrogen (secondary N) is 2. The Morgan fingerprint density at radius 2 is 2.10 bits per heavy atom. The molecular weight excluding hydrogens is 270 g/mol. The molecular formula is C15H21N3OS. The van der Waals surface area contributed by atoms with Crippen molar-refractivity contribution in [3.05, 3.63) is 40.4 Å². The number of fused-ring (bicyclic) bond motifs is 1. The molecule has 0 amide bonds. The molecule has 5 heteroatoms. The Morgan fingerprint density at radius 3 is 2.95 bits per heavy atom. The zero-order valence-corrected chi connectivity index (χ0v) is 12.6. The Labute approximate surface area is 123 Å². The van der Waals surface area contributed by atoms with Gasteiger partial charge in [-0.1, -0.05) is 18.6 Å². The number of H-pyrrole nitrogens is 1. The molecule has 1 heterocycles. The Balaban J connectivity index is 1.83. The van der Waals surface area contributed by atoms with Crippen LogP contribution in [0.1, 0.15) is 25.1 Å².